The Morgan fingerprint density at radius 1 is 1.28 bits per heavy atom. The maximum Gasteiger partial charge on any atom is 0.326 e. The normalized spacial score (nSPS) is 11.3. The highest BCUT2D eigenvalue weighted by Crippen LogP contribution is 2.21. The van der Waals surface area contributed by atoms with Crippen LogP contribution in [0.5, 0.6) is 0 Å². The third kappa shape index (κ3) is 3.28. The molecule has 3 heterocycles. The zero-order valence-corrected chi connectivity index (χ0v) is 16.0. The number of benzene rings is 1. The van der Waals surface area contributed by atoms with Crippen molar-refractivity contribution in [2.24, 2.45) is 7.05 Å². The first-order chi connectivity index (χ1) is 13.8. The SMILES string of the molecule is CC(C)n1cnnc1-c1cccc(NC(=O)c2cc3[nH]c(=O)n(C)c3cc2F)n1. The van der Waals surface area contributed by atoms with Crippen molar-refractivity contribution >= 4 is 22.8 Å². The Hall–Kier alpha value is -3.82. The molecule has 9 nitrogen and oxygen atoms in total. The maximum atomic E-state index is 14.5. The van der Waals surface area contributed by atoms with Crippen LogP contribution in [0, 0.1) is 5.82 Å². The first-order valence-electron chi connectivity index (χ1n) is 8.91. The van der Waals surface area contributed by atoms with Crippen molar-refractivity contribution in [2.45, 2.75) is 19.9 Å². The predicted molar refractivity (Wildman–Crippen MR) is 105 cm³/mol. The molecule has 0 atom stereocenters. The van der Waals surface area contributed by atoms with Crippen molar-refractivity contribution in [3.05, 3.63) is 58.5 Å². The summed E-state index contributed by atoms with van der Waals surface area (Å²) in [5.74, 6) is -0.609. The van der Waals surface area contributed by atoms with Crippen LogP contribution in [0.2, 0.25) is 0 Å². The number of aromatic amines is 1. The minimum atomic E-state index is -0.736. The third-order valence-electron chi connectivity index (χ3n) is 4.59. The standard InChI is InChI=1S/C19H18FN7O2/c1-10(2)27-9-21-25-17(27)13-5-4-6-16(22-13)24-18(28)11-7-14-15(8-12(11)20)26(3)19(29)23-14/h4-10H,1-3H3,(H,23,29)(H,22,24,28). The summed E-state index contributed by atoms with van der Waals surface area (Å²) in [6.45, 7) is 3.98. The second-order valence-electron chi connectivity index (χ2n) is 6.86. The van der Waals surface area contributed by atoms with Gasteiger partial charge in [-0.1, -0.05) is 6.07 Å². The number of pyridine rings is 1. The highest BCUT2D eigenvalue weighted by atomic mass is 19.1. The molecule has 4 aromatic rings. The van der Waals surface area contributed by atoms with Crippen LogP contribution in [0.15, 0.2) is 41.5 Å². The molecule has 1 amide bonds. The first-order valence-corrected chi connectivity index (χ1v) is 8.91. The van der Waals surface area contributed by atoms with Crippen LogP contribution in [-0.4, -0.2) is 35.2 Å². The summed E-state index contributed by atoms with van der Waals surface area (Å²) in [6.07, 6.45) is 1.61. The van der Waals surface area contributed by atoms with Gasteiger partial charge in [0.2, 0.25) is 0 Å². The van der Waals surface area contributed by atoms with Gasteiger partial charge in [0.05, 0.1) is 16.6 Å². The van der Waals surface area contributed by atoms with Crippen molar-refractivity contribution in [1.29, 1.82) is 0 Å². The van der Waals surface area contributed by atoms with E-state index in [9.17, 15) is 14.0 Å². The molecule has 0 saturated heterocycles. The van der Waals surface area contributed by atoms with E-state index in [4.69, 9.17) is 0 Å². The number of imidazole rings is 1. The number of carbonyl (C=O) groups excluding carboxylic acids is 1. The van der Waals surface area contributed by atoms with Gasteiger partial charge in [0.15, 0.2) is 5.82 Å². The van der Waals surface area contributed by atoms with E-state index in [2.05, 4.69) is 25.5 Å². The van der Waals surface area contributed by atoms with Crippen molar-refractivity contribution < 1.29 is 9.18 Å². The van der Waals surface area contributed by atoms with Gasteiger partial charge in [-0.05, 0) is 32.0 Å². The van der Waals surface area contributed by atoms with E-state index in [1.807, 2.05) is 18.4 Å². The van der Waals surface area contributed by atoms with Crippen molar-refractivity contribution in [2.75, 3.05) is 5.32 Å². The Morgan fingerprint density at radius 3 is 2.83 bits per heavy atom. The molecule has 10 heteroatoms. The number of nitrogens with zero attached hydrogens (tertiary/aromatic N) is 5. The molecule has 0 bridgehead atoms. The lowest BCUT2D eigenvalue weighted by Crippen LogP contribution is -2.15. The molecule has 0 unspecified atom stereocenters. The summed E-state index contributed by atoms with van der Waals surface area (Å²) >= 11 is 0. The van der Waals surface area contributed by atoms with Crippen LogP contribution in [0.1, 0.15) is 30.2 Å². The number of amides is 1. The molecule has 0 fully saturated rings. The molecule has 0 spiro atoms. The zero-order valence-electron chi connectivity index (χ0n) is 16.0. The van der Waals surface area contributed by atoms with Gasteiger partial charge in [-0.25, -0.2) is 14.2 Å². The summed E-state index contributed by atoms with van der Waals surface area (Å²) < 4.78 is 17.6. The van der Waals surface area contributed by atoms with Gasteiger partial charge in [0.25, 0.3) is 5.91 Å². The smallest absolute Gasteiger partial charge is 0.310 e. The number of fused-ring (bicyclic) bond motifs is 1. The lowest BCUT2D eigenvalue weighted by Gasteiger charge is -2.11. The van der Waals surface area contributed by atoms with Crippen LogP contribution >= 0.6 is 0 Å². The fourth-order valence-electron chi connectivity index (χ4n) is 3.04. The minimum Gasteiger partial charge on any atom is -0.310 e. The molecule has 4 rings (SSSR count). The van der Waals surface area contributed by atoms with Crippen LogP contribution in [0.25, 0.3) is 22.6 Å². The van der Waals surface area contributed by atoms with E-state index in [-0.39, 0.29) is 23.1 Å². The summed E-state index contributed by atoms with van der Waals surface area (Å²) in [4.78, 5) is 31.3. The Balaban J connectivity index is 1.65. The number of hydrogen-bond donors (Lipinski definition) is 2. The molecule has 0 saturated carbocycles. The number of aryl methyl sites for hydroxylation is 1. The molecular weight excluding hydrogens is 377 g/mol. The molecule has 3 aromatic heterocycles. The van der Waals surface area contributed by atoms with E-state index < -0.39 is 11.7 Å². The van der Waals surface area contributed by atoms with Crippen molar-refractivity contribution in [3.63, 3.8) is 0 Å². The molecule has 0 aliphatic rings. The zero-order chi connectivity index (χ0) is 20.7. The molecule has 148 valence electrons. The highest BCUT2D eigenvalue weighted by molar-refractivity contribution is 6.05. The van der Waals surface area contributed by atoms with E-state index in [0.29, 0.717) is 22.6 Å². The van der Waals surface area contributed by atoms with Gasteiger partial charge in [-0.2, -0.15) is 0 Å². The van der Waals surface area contributed by atoms with Crippen molar-refractivity contribution in [1.82, 2.24) is 29.3 Å². The maximum absolute atomic E-state index is 14.5. The molecule has 0 radical (unpaired) electrons. The largest absolute Gasteiger partial charge is 0.326 e. The van der Waals surface area contributed by atoms with Gasteiger partial charge in [-0.3, -0.25) is 9.36 Å². The molecule has 1 aromatic carbocycles. The summed E-state index contributed by atoms with van der Waals surface area (Å²) in [7, 11) is 1.52. The minimum absolute atomic E-state index is 0.133. The summed E-state index contributed by atoms with van der Waals surface area (Å²) in [6, 6.07) is 7.65. The number of halogens is 1. The van der Waals surface area contributed by atoms with Gasteiger partial charge < -0.3 is 14.9 Å². The predicted octanol–water partition coefficient (Wildman–Crippen LogP) is 2.49. The average Bonchev–Trinajstić information content (AvgIpc) is 3.28. The van der Waals surface area contributed by atoms with E-state index >= 15 is 0 Å². The lowest BCUT2D eigenvalue weighted by atomic mass is 10.1. The Morgan fingerprint density at radius 2 is 2.07 bits per heavy atom. The van der Waals surface area contributed by atoms with Gasteiger partial charge in [0.1, 0.15) is 23.7 Å². The number of H-pyrrole nitrogens is 1. The van der Waals surface area contributed by atoms with Crippen molar-refractivity contribution in [3.8, 4) is 11.5 Å². The van der Waals surface area contributed by atoms with E-state index in [1.54, 1.807) is 24.5 Å². The fourth-order valence-corrected chi connectivity index (χ4v) is 3.04. The number of anilines is 1. The fraction of sp³-hybridized carbons (Fsp3) is 0.211. The second kappa shape index (κ2) is 6.97. The lowest BCUT2D eigenvalue weighted by molar-refractivity contribution is 0.102. The number of nitrogens with one attached hydrogen (secondary N) is 2. The van der Waals surface area contributed by atoms with Gasteiger partial charge in [0, 0.05) is 19.2 Å². The van der Waals surface area contributed by atoms with Crippen LogP contribution in [-0.2, 0) is 7.05 Å². The third-order valence-corrected chi connectivity index (χ3v) is 4.59. The molecule has 0 aliphatic carbocycles. The number of aromatic nitrogens is 6. The molecule has 0 aliphatic heterocycles. The Kier molecular flexibility index (Phi) is 4.45. The summed E-state index contributed by atoms with van der Waals surface area (Å²) in [5, 5.41) is 10.6. The quantitative estimate of drug-likeness (QED) is 0.552. The van der Waals surface area contributed by atoms with Crippen LogP contribution in [0.4, 0.5) is 10.2 Å². The molecular formula is C19H18FN7O2. The van der Waals surface area contributed by atoms with Crippen LogP contribution in [0.3, 0.4) is 0 Å². The average molecular weight is 395 g/mol. The monoisotopic (exact) mass is 395 g/mol. The van der Waals surface area contributed by atoms with Gasteiger partial charge >= 0.3 is 5.69 Å². The van der Waals surface area contributed by atoms with Crippen LogP contribution < -0.4 is 11.0 Å². The Labute approximate surface area is 164 Å². The van der Waals surface area contributed by atoms with Gasteiger partial charge in [-0.15, -0.1) is 10.2 Å². The number of hydrogen-bond acceptors (Lipinski definition) is 5. The van der Waals surface area contributed by atoms with E-state index in [0.717, 1.165) is 6.07 Å². The number of carbonyl (C=O) groups is 1. The molecule has 29 heavy (non-hydrogen) atoms. The molecule has 2 N–H and O–H groups in total. The van der Waals surface area contributed by atoms with E-state index in [1.165, 1.54) is 17.7 Å². The number of rotatable bonds is 4. The first kappa shape index (κ1) is 18.5. The highest BCUT2D eigenvalue weighted by Gasteiger charge is 2.17. The topological polar surface area (TPSA) is 110 Å². The second-order valence-corrected chi connectivity index (χ2v) is 6.86. The summed E-state index contributed by atoms with van der Waals surface area (Å²) in [5.41, 5.74) is 0.683. The Bertz CT molecular complexity index is 1290.